The molecule has 0 spiro atoms. The van der Waals surface area contributed by atoms with Crippen molar-refractivity contribution >= 4 is 0 Å². The summed E-state index contributed by atoms with van der Waals surface area (Å²) in [6.07, 6.45) is 3.96. The Labute approximate surface area is 197 Å². The van der Waals surface area contributed by atoms with E-state index < -0.39 is 0 Å². The maximum Gasteiger partial charge on any atom is 0.127 e. The summed E-state index contributed by atoms with van der Waals surface area (Å²) in [6, 6.07) is 34.5. The van der Waals surface area contributed by atoms with E-state index in [-0.39, 0.29) is 0 Å². The van der Waals surface area contributed by atoms with E-state index >= 15 is 0 Å². The van der Waals surface area contributed by atoms with Gasteiger partial charge in [-0.15, -0.1) is 0 Å². The van der Waals surface area contributed by atoms with E-state index in [1.54, 1.807) is 7.11 Å². The number of benzene rings is 4. The van der Waals surface area contributed by atoms with Gasteiger partial charge in [0.25, 0.3) is 0 Å². The van der Waals surface area contributed by atoms with Crippen LogP contribution in [0.4, 0.5) is 0 Å². The van der Waals surface area contributed by atoms with Crippen LogP contribution in [0.1, 0.15) is 33.4 Å². The second-order valence-electron chi connectivity index (χ2n) is 8.61. The second-order valence-corrected chi connectivity index (χ2v) is 8.61. The van der Waals surface area contributed by atoms with Crippen molar-refractivity contribution in [3.8, 4) is 11.5 Å². The van der Waals surface area contributed by atoms with Crippen molar-refractivity contribution in [3.63, 3.8) is 0 Å². The molecule has 0 amide bonds. The van der Waals surface area contributed by atoms with Gasteiger partial charge in [0.1, 0.15) is 11.5 Å². The van der Waals surface area contributed by atoms with Crippen molar-refractivity contribution in [2.45, 2.75) is 32.6 Å². The van der Waals surface area contributed by atoms with Gasteiger partial charge in [-0.25, -0.2) is 0 Å². The summed E-state index contributed by atoms with van der Waals surface area (Å²) < 4.78 is 11.1. The lowest BCUT2D eigenvalue weighted by Gasteiger charge is -2.09. The third-order valence-corrected chi connectivity index (χ3v) is 5.93. The van der Waals surface area contributed by atoms with Gasteiger partial charge in [0.2, 0.25) is 0 Å². The van der Waals surface area contributed by atoms with Gasteiger partial charge in [-0.05, 0) is 84.7 Å². The fraction of sp³-hybridized carbons (Fsp3) is 0.226. The van der Waals surface area contributed by atoms with Crippen molar-refractivity contribution in [2.24, 2.45) is 0 Å². The lowest BCUT2D eigenvalue weighted by Crippen LogP contribution is -1.94. The van der Waals surface area contributed by atoms with E-state index in [9.17, 15) is 0 Å². The zero-order valence-corrected chi connectivity index (χ0v) is 19.6. The predicted octanol–water partition coefficient (Wildman–Crippen LogP) is 7.35. The first kappa shape index (κ1) is 22.8. The minimum absolute atomic E-state index is 0.735. The summed E-state index contributed by atoms with van der Waals surface area (Å²) >= 11 is 0. The topological polar surface area (TPSA) is 18.5 Å². The average Bonchev–Trinajstić information content (AvgIpc) is 2.85. The molecule has 0 saturated carbocycles. The molecule has 4 aromatic rings. The summed E-state index contributed by atoms with van der Waals surface area (Å²) in [5, 5.41) is 0. The number of aryl methyl sites for hydroxylation is 3. The van der Waals surface area contributed by atoms with Crippen molar-refractivity contribution in [1.29, 1.82) is 0 Å². The fourth-order valence-electron chi connectivity index (χ4n) is 3.86. The van der Waals surface area contributed by atoms with Crippen LogP contribution in [0.25, 0.3) is 0 Å². The zero-order valence-electron chi connectivity index (χ0n) is 19.6. The summed E-state index contributed by atoms with van der Waals surface area (Å²) in [4.78, 5) is 0. The highest BCUT2D eigenvalue weighted by molar-refractivity contribution is 5.35. The summed E-state index contributed by atoms with van der Waals surface area (Å²) in [5.41, 5.74) is 7.97. The monoisotopic (exact) mass is 436 g/mol. The molecular formula is C31H32O2. The predicted molar refractivity (Wildman–Crippen MR) is 136 cm³/mol. The van der Waals surface area contributed by atoms with Gasteiger partial charge in [0, 0.05) is 7.11 Å². The van der Waals surface area contributed by atoms with Gasteiger partial charge in [-0.3, -0.25) is 0 Å². The third-order valence-electron chi connectivity index (χ3n) is 5.93. The van der Waals surface area contributed by atoms with E-state index in [1.807, 2.05) is 12.1 Å². The van der Waals surface area contributed by atoms with Crippen LogP contribution in [0.3, 0.4) is 0 Å². The Balaban J connectivity index is 1.26. The van der Waals surface area contributed by atoms with Gasteiger partial charge in [-0.2, -0.15) is 0 Å². The maximum absolute atomic E-state index is 5.99. The first-order chi connectivity index (χ1) is 16.2. The van der Waals surface area contributed by atoms with Gasteiger partial charge in [-0.1, -0.05) is 78.4 Å². The maximum atomic E-state index is 5.99. The average molecular weight is 437 g/mol. The van der Waals surface area contributed by atoms with E-state index in [0.29, 0.717) is 0 Å². The second kappa shape index (κ2) is 11.5. The van der Waals surface area contributed by atoms with E-state index in [0.717, 1.165) is 43.8 Å². The summed E-state index contributed by atoms with van der Waals surface area (Å²) in [5.74, 6) is 1.72. The Morgan fingerprint density at radius 1 is 0.485 bits per heavy atom. The van der Waals surface area contributed by atoms with E-state index in [4.69, 9.17) is 9.47 Å². The molecule has 4 aromatic carbocycles. The molecule has 0 aromatic heterocycles. The molecule has 0 bridgehead atoms. The Bertz CT molecular complexity index is 1110. The number of hydrogen-bond acceptors (Lipinski definition) is 2. The molecule has 0 saturated heterocycles. The quantitative estimate of drug-likeness (QED) is 0.259. The van der Waals surface area contributed by atoms with Crippen LogP contribution in [-0.4, -0.2) is 13.7 Å². The highest BCUT2D eigenvalue weighted by Crippen LogP contribution is 2.23. The van der Waals surface area contributed by atoms with Crippen LogP contribution in [0.5, 0.6) is 11.5 Å². The molecule has 0 fully saturated rings. The van der Waals surface area contributed by atoms with Crippen molar-refractivity contribution < 1.29 is 9.47 Å². The number of hydrogen-bond donors (Lipinski definition) is 0. The molecule has 0 aliphatic carbocycles. The lowest BCUT2D eigenvalue weighted by atomic mass is 10.00. The standard InChI is InChI=1S/C31H32O2/c1-24-3-5-28(6-4-24)23-29-11-9-25(10-12-29)7-8-26-13-17-30(18-14-26)33-31-19-15-27(16-20-31)21-22-32-2/h3-6,9-20H,7-8,21-23H2,1-2H3. The Hall–Kier alpha value is -3.36. The molecule has 0 radical (unpaired) electrons. The molecular weight excluding hydrogens is 404 g/mol. The first-order valence-corrected chi connectivity index (χ1v) is 11.7. The molecule has 0 aliphatic rings. The van der Waals surface area contributed by atoms with Crippen LogP contribution in [0, 0.1) is 6.92 Å². The molecule has 0 aliphatic heterocycles. The molecule has 0 heterocycles. The molecule has 2 heteroatoms. The molecule has 168 valence electrons. The summed E-state index contributed by atoms with van der Waals surface area (Å²) in [7, 11) is 1.73. The van der Waals surface area contributed by atoms with Crippen LogP contribution >= 0.6 is 0 Å². The minimum atomic E-state index is 0.735. The van der Waals surface area contributed by atoms with Gasteiger partial charge in [0.05, 0.1) is 6.61 Å². The Kier molecular flexibility index (Phi) is 7.94. The molecule has 0 atom stereocenters. The number of rotatable bonds is 10. The van der Waals surface area contributed by atoms with Crippen LogP contribution in [0.15, 0.2) is 97.1 Å². The zero-order chi connectivity index (χ0) is 22.9. The smallest absolute Gasteiger partial charge is 0.127 e. The van der Waals surface area contributed by atoms with Gasteiger partial charge >= 0.3 is 0 Å². The van der Waals surface area contributed by atoms with Gasteiger partial charge in [0.15, 0.2) is 0 Å². The lowest BCUT2D eigenvalue weighted by molar-refractivity contribution is 0.202. The number of ether oxygens (including phenoxy) is 2. The SMILES string of the molecule is COCCc1ccc(Oc2ccc(CCc3ccc(Cc4ccc(C)cc4)cc3)cc2)cc1. The third kappa shape index (κ3) is 7.06. The number of methoxy groups -OCH3 is 1. The van der Waals surface area contributed by atoms with Crippen molar-refractivity contribution in [1.82, 2.24) is 0 Å². The van der Waals surface area contributed by atoms with Crippen LogP contribution in [-0.2, 0) is 30.4 Å². The minimum Gasteiger partial charge on any atom is -0.457 e. The normalized spacial score (nSPS) is 10.8. The van der Waals surface area contributed by atoms with E-state index in [2.05, 4.69) is 91.9 Å². The Morgan fingerprint density at radius 2 is 0.879 bits per heavy atom. The fourth-order valence-corrected chi connectivity index (χ4v) is 3.86. The molecule has 0 N–H and O–H groups in total. The van der Waals surface area contributed by atoms with Crippen LogP contribution in [0.2, 0.25) is 0 Å². The molecule has 2 nitrogen and oxygen atoms in total. The highest BCUT2D eigenvalue weighted by atomic mass is 16.5. The van der Waals surface area contributed by atoms with Crippen LogP contribution < -0.4 is 4.74 Å². The molecule has 0 unspecified atom stereocenters. The highest BCUT2D eigenvalue weighted by Gasteiger charge is 2.02. The summed E-state index contributed by atoms with van der Waals surface area (Å²) in [6.45, 7) is 2.86. The van der Waals surface area contributed by atoms with E-state index in [1.165, 1.54) is 33.4 Å². The largest absolute Gasteiger partial charge is 0.457 e. The van der Waals surface area contributed by atoms with Crippen molar-refractivity contribution in [3.05, 3.63) is 130 Å². The molecule has 33 heavy (non-hydrogen) atoms. The Morgan fingerprint density at radius 3 is 1.36 bits per heavy atom. The van der Waals surface area contributed by atoms with Gasteiger partial charge < -0.3 is 9.47 Å². The van der Waals surface area contributed by atoms with Crippen molar-refractivity contribution in [2.75, 3.05) is 13.7 Å². The molecule has 4 rings (SSSR count). The first-order valence-electron chi connectivity index (χ1n) is 11.7.